The van der Waals surface area contributed by atoms with Crippen molar-refractivity contribution in [3.8, 4) is 23.0 Å². The van der Waals surface area contributed by atoms with Gasteiger partial charge in [0, 0.05) is 17.7 Å². The lowest BCUT2D eigenvalue weighted by Crippen LogP contribution is -2.16. The lowest BCUT2D eigenvalue weighted by molar-refractivity contribution is -0.138. The summed E-state index contributed by atoms with van der Waals surface area (Å²) in [4.78, 5) is 23.8. The van der Waals surface area contributed by atoms with Gasteiger partial charge in [-0.25, -0.2) is 0 Å². The van der Waals surface area contributed by atoms with Crippen LogP contribution in [-0.2, 0) is 9.59 Å². The van der Waals surface area contributed by atoms with E-state index in [-0.39, 0.29) is 28.9 Å². The van der Waals surface area contributed by atoms with E-state index in [9.17, 15) is 9.59 Å². The van der Waals surface area contributed by atoms with Gasteiger partial charge < -0.3 is 18.9 Å². The minimum atomic E-state index is -0.491. The summed E-state index contributed by atoms with van der Waals surface area (Å²) < 4.78 is 21.8. The summed E-state index contributed by atoms with van der Waals surface area (Å²) in [6, 6.07) is 5.47. The number of fused-ring (bicyclic) bond motifs is 1. The zero-order valence-corrected chi connectivity index (χ0v) is 15.3. The Labute approximate surface area is 146 Å². The van der Waals surface area contributed by atoms with E-state index in [4.69, 9.17) is 18.9 Å². The van der Waals surface area contributed by atoms with E-state index in [1.165, 1.54) is 21.1 Å². The fraction of sp³-hybridized carbons (Fsp3) is 0.368. The molecule has 0 amide bonds. The molecule has 2 aromatic rings. The molecule has 0 saturated carbocycles. The molecular weight excluding hydrogens is 324 g/mol. The van der Waals surface area contributed by atoms with Crippen LogP contribution in [-0.4, -0.2) is 26.2 Å². The van der Waals surface area contributed by atoms with Crippen LogP contribution < -0.4 is 18.9 Å². The van der Waals surface area contributed by atoms with Crippen LogP contribution in [0.3, 0.4) is 0 Å². The Bertz CT molecular complexity index is 823. The van der Waals surface area contributed by atoms with Crippen LogP contribution in [0, 0.1) is 12.8 Å². The molecule has 134 valence electrons. The van der Waals surface area contributed by atoms with Gasteiger partial charge in [0.2, 0.25) is 11.5 Å². The molecule has 0 fully saturated rings. The normalized spacial score (nSPS) is 10.7. The largest absolute Gasteiger partial charge is 0.490 e. The number of benzene rings is 2. The molecule has 2 rings (SSSR count). The Morgan fingerprint density at radius 2 is 1.52 bits per heavy atom. The Kier molecular flexibility index (Phi) is 5.51. The molecule has 0 bridgehead atoms. The molecule has 6 nitrogen and oxygen atoms in total. The van der Waals surface area contributed by atoms with Crippen molar-refractivity contribution in [2.24, 2.45) is 5.92 Å². The van der Waals surface area contributed by atoms with Gasteiger partial charge in [-0.3, -0.25) is 9.59 Å². The lowest BCUT2D eigenvalue weighted by atomic mass is 10.0. The number of rotatable bonds is 5. The summed E-state index contributed by atoms with van der Waals surface area (Å²) in [6.45, 7) is 6.67. The second kappa shape index (κ2) is 7.42. The predicted octanol–water partition coefficient (Wildman–Crippen LogP) is 3.65. The first-order chi connectivity index (χ1) is 11.8. The van der Waals surface area contributed by atoms with Crippen LogP contribution in [0.4, 0.5) is 0 Å². The molecule has 0 aliphatic rings. The van der Waals surface area contributed by atoms with Crippen LogP contribution in [0.25, 0.3) is 10.8 Å². The van der Waals surface area contributed by atoms with Crippen LogP contribution in [0.5, 0.6) is 23.0 Å². The number of methoxy groups -OCH3 is 2. The fourth-order valence-electron chi connectivity index (χ4n) is 2.53. The van der Waals surface area contributed by atoms with Crippen molar-refractivity contribution in [3.05, 3.63) is 23.8 Å². The highest BCUT2D eigenvalue weighted by molar-refractivity contribution is 6.03. The number of esters is 2. The van der Waals surface area contributed by atoms with Crippen molar-refractivity contribution < 1.29 is 28.5 Å². The summed E-state index contributed by atoms with van der Waals surface area (Å²) in [5.74, 6) is -0.322. The van der Waals surface area contributed by atoms with Gasteiger partial charge >= 0.3 is 11.9 Å². The number of hydrogen-bond acceptors (Lipinski definition) is 6. The molecule has 0 N–H and O–H groups in total. The Morgan fingerprint density at radius 3 is 2.04 bits per heavy atom. The van der Waals surface area contributed by atoms with Crippen LogP contribution >= 0.6 is 0 Å². The van der Waals surface area contributed by atoms with Gasteiger partial charge in [-0.1, -0.05) is 32.0 Å². The fourth-order valence-corrected chi connectivity index (χ4v) is 2.53. The zero-order valence-electron chi connectivity index (χ0n) is 15.3. The SMILES string of the molecule is COc1c(OC)c(OC(=O)C(C)C)c2c(C)cccc2c1OC(C)=O. The molecule has 0 saturated heterocycles. The van der Waals surface area contributed by atoms with Gasteiger partial charge in [0.05, 0.1) is 20.1 Å². The molecule has 25 heavy (non-hydrogen) atoms. The summed E-state index contributed by atoms with van der Waals surface area (Å²) in [7, 11) is 2.87. The van der Waals surface area contributed by atoms with Crippen molar-refractivity contribution in [1.29, 1.82) is 0 Å². The summed E-state index contributed by atoms with van der Waals surface area (Å²) >= 11 is 0. The van der Waals surface area contributed by atoms with E-state index < -0.39 is 11.9 Å². The van der Waals surface area contributed by atoms with Crippen molar-refractivity contribution in [2.75, 3.05) is 14.2 Å². The number of aryl methyl sites for hydroxylation is 1. The topological polar surface area (TPSA) is 71.1 Å². The highest BCUT2D eigenvalue weighted by atomic mass is 16.6. The lowest BCUT2D eigenvalue weighted by Gasteiger charge is -2.20. The first-order valence-electron chi connectivity index (χ1n) is 7.89. The highest BCUT2D eigenvalue weighted by Crippen LogP contribution is 2.52. The molecule has 0 spiro atoms. The number of hydrogen-bond donors (Lipinski definition) is 0. The van der Waals surface area contributed by atoms with Gasteiger partial charge in [0.15, 0.2) is 11.5 Å². The Hall–Kier alpha value is -2.76. The monoisotopic (exact) mass is 346 g/mol. The molecule has 0 aliphatic heterocycles. The van der Waals surface area contributed by atoms with Gasteiger partial charge in [-0.2, -0.15) is 0 Å². The van der Waals surface area contributed by atoms with E-state index in [0.717, 1.165) is 5.56 Å². The summed E-state index contributed by atoms with van der Waals surface area (Å²) in [6.07, 6.45) is 0. The average Bonchev–Trinajstić information content (AvgIpc) is 2.55. The van der Waals surface area contributed by atoms with E-state index in [1.807, 2.05) is 19.1 Å². The molecule has 0 atom stereocenters. The first-order valence-corrected chi connectivity index (χ1v) is 7.89. The van der Waals surface area contributed by atoms with E-state index in [0.29, 0.717) is 10.8 Å². The summed E-state index contributed by atoms with van der Waals surface area (Å²) in [5.41, 5.74) is 0.846. The van der Waals surface area contributed by atoms with Crippen LogP contribution in [0.1, 0.15) is 26.3 Å². The number of carbonyl (C=O) groups is 2. The molecule has 6 heteroatoms. The number of ether oxygens (including phenoxy) is 4. The minimum absolute atomic E-state index is 0.197. The van der Waals surface area contributed by atoms with Crippen molar-refractivity contribution in [2.45, 2.75) is 27.7 Å². The highest BCUT2D eigenvalue weighted by Gasteiger charge is 2.27. The smallest absolute Gasteiger partial charge is 0.313 e. The maximum Gasteiger partial charge on any atom is 0.313 e. The first kappa shape index (κ1) is 18.6. The van der Waals surface area contributed by atoms with E-state index >= 15 is 0 Å². The molecule has 2 aromatic carbocycles. The minimum Gasteiger partial charge on any atom is -0.490 e. The number of carbonyl (C=O) groups excluding carboxylic acids is 2. The van der Waals surface area contributed by atoms with E-state index in [1.54, 1.807) is 19.9 Å². The third-order valence-electron chi connectivity index (χ3n) is 3.69. The molecule has 0 unspecified atom stereocenters. The Morgan fingerprint density at radius 1 is 0.920 bits per heavy atom. The predicted molar refractivity (Wildman–Crippen MR) is 93.6 cm³/mol. The van der Waals surface area contributed by atoms with Gasteiger partial charge in [0.25, 0.3) is 0 Å². The zero-order chi connectivity index (χ0) is 18.7. The quantitative estimate of drug-likeness (QED) is 0.608. The standard InChI is InChI=1S/C19H22O6/c1-10(2)19(21)25-16-14-11(3)8-7-9-13(14)15(24-12(4)20)17(22-5)18(16)23-6/h7-10H,1-6H3. The Balaban J connectivity index is 2.91. The molecule has 0 aliphatic carbocycles. The van der Waals surface area contributed by atoms with Crippen LogP contribution in [0.15, 0.2) is 18.2 Å². The summed E-state index contributed by atoms with van der Waals surface area (Å²) in [5, 5.41) is 1.23. The van der Waals surface area contributed by atoms with Crippen LogP contribution in [0.2, 0.25) is 0 Å². The molecule has 0 radical (unpaired) electrons. The maximum atomic E-state index is 12.2. The van der Waals surface area contributed by atoms with Gasteiger partial charge in [-0.05, 0) is 12.5 Å². The van der Waals surface area contributed by atoms with Crippen molar-refractivity contribution in [1.82, 2.24) is 0 Å². The second-order valence-electron chi connectivity index (χ2n) is 5.89. The van der Waals surface area contributed by atoms with Gasteiger partial charge in [0.1, 0.15) is 0 Å². The van der Waals surface area contributed by atoms with Crippen molar-refractivity contribution in [3.63, 3.8) is 0 Å². The third kappa shape index (κ3) is 3.52. The molecule has 0 heterocycles. The molecular formula is C19H22O6. The molecule has 0 aromatic heterocycles. The van der Waals surface area contributed by atoms with Gasteiger partial charge in [-0.15, -0.1) is 0 Å². The second-order valence-corrected chi connectivity index (χ2v) is 5.89. The third-order valence-corrected chi connectivity index (χ3v) is 3.69. The maximum absolute atomic E-state index is 12.2. The van der Waals surface area contributed by atoms with E-state index in [2.05, 4.69) is 0 Å². The average molecular weight is 346 g/mol. The van der Waals surface area contributed by atoms with Crippen molar-refractivity contribution >= 4 is 22.7 Å².